The van der Waals surface area contributed by atoms with Crippen LogP contribution in [0.2, 0.25) is 0 Å². The van der Waals surface area contributed by atoms with E-state index < -0.39 is 28.5 Å². The van der Waals surface area contributed by atoms with E-state index in [9.17, 15) is 14.4 Å². The molecular formula is C9H11ClO4. The molecule has 1 aliphatic heterocycles. The fraction of sp³-hybridized carbons (Fsp3) is 0.667. The van der Waals surface area contributed by atoms with E-state index >= 15 is 0 Å². The van der Waals surface area contributed by atoms with Crippen LogP contribution in [0, 0.1) is 0 Å². The van der Waals surface area contributed by atoms with E-state index in [0.717, 1.165) is 0 Å². The maximum atomic E-state index is 11.6. The topological polar surface area (TPSA) is 60.4 Å². The molecule has 0 radical (unpaired) electrons. The molecule has 1 fully saturated rings. The number of ether oxygens (including phenoxy) is 1. The van der Waals surface area contributed by atoms with E-state index in [1.807, 2.05) is 0 Å². The predicted octanol–water partition coefficient (Wildman–Crippen LogP) is 0.848. The lowest BCUT2D eigenvalue weighted by molar-refractivity contribution is -0.178. The Bertz CT molecular complexity index is 293. The Kier molecular flexibility index (Phi) is 2.95. The van der Waals surface area contributed by atoms with Crippen molar-refractivity contribution in [3.8, 4) is 0 Å². The molecule has 0 aromatic rings. The summed E-state index contributed by atoms with van der Waals surface area (Å²) < 4.78 is 4.84. The highest BCUT2D eigenvalue weighted by Crippen LogP contribution is 2.29. The number of esters is 1. The first kappa shape index (κ1) is 11.2. The molecule has 0 spiro atoms. The van der Waals surface area contributed by atoms with Crippen molar-refractivity contribution in [3.63, 3.8) is 0 Å². The van der Waals surface area contributed by atoms with Gasteiger partial charge in [-0.2, -0.15) is 0 Å². The van der Waals surface area contributed by atoms with Gasteiger partial charge in [0.2, 0.25) is 5.78 Å². The highest BCUT2D eigenvalue weighted by atomic mass is 35.5. The monoisotopic (exact) mass is 218 g/mol. The van der Waals surface area contributed by atoms with Gasteiger partial charge >= 0.3 is 5.97 Å². The minimum atomic E-state index is -1.38. The van der Waals surface area contributed by atoms with E-state index in [0.29, 0.717) is 12.8 Å². The Balaban J connectivity index is 3.07. The molecule has 0 aromatic carbocycles. The number of carbonyl (C=O) groups excluding carboxylic acids is 3. The quantitative estimate of drug-likeness (QED) is 0.298. The van der Waals surface area contributed by atoms with E-state index in [-0.39, 0.29) is 0 Å². The molecule has 14 heavy (non-hydrogen) atoms. The van der Waals surface area contributed by atoms with Crippen LogP contribution in [-0.4, -0.2) is 28.5 Å². The summed E-state index contributed by atoms with van der Waals surface area (Å²) in [5, 5.41) is -1.38. The third kappa shape index (κ3) is 1.43. The van der Waals surface area contributed by atoms with Crippen LogP contribution in [0.15, 0.2) is 0 Å². The predicted molar refractivity (Wildman–Crippen MR) is 49.1 cm³/mol. The molecular weight excluding hydrogens is 208 g/mol. The Hall–Kier alpha value is -0.900. The third-order valence-corrected chi connectivity index (χ3v) is 2.94. The number of rotatable bonds is 2. The van der Waals surface area contributed by atoms with Gasteiger partial charge in [-0.1, -0.05) is 13.8 Å². The molecule has 0 amide bonds. The van der Waals surface area contributed by atoms with Crippen molar-refractivity contribution in [3.05, 3.63) is 0 Å². The lowest BCUT2D eigenvalue weighted by Gasteiger charge is -2.34. The number of halogens is 1. The maximum Gasteiger partial charge on any atom is 0.377 e. The van der Waals surface area contributed by atoms with Crippen LogP contribution < -0.4 is 0 Å². The smallest absolute Gasteiger partial charge is 0.377 e. The van der Waals surface area contributed by atoms with Crippen molar-refractivity contribution in [2.75, 3.05) is 0 Å². The van der Waals surface area contributed by atoms with Crippen molar-refractivity contribution < 1.29 is 19.1 Å². The average molecular weight is 219 g/mol. The van der Waals surface area contributed by atoms with Gasteiger partial charge < -0.3 is 4.74 Å². The lowest BCUT2D eigenvalue weighted by atomic mass is 9.86. The minimum absolute atomic E-state index is 0.338. The zero-order valence-electron chi connectivity index (χ0n) is 8.00. The highest BCUT2D eigenvalue weighted by molar-refractivity contribution is 6.56. The lowest BCUT2D eigenvalue weighted by Crippen LogP contribution is -2.56. The molecule has 1 atom stereocenters. The van der Waals surface area contributed by atoms with Gasteiger partial charge in [-0.05, 0) is 12.8 Å². The largest absolute Gasteiger partial charge is 0.445 e. The molecule has 1 aliphatic rings. The standard InChI is InChI=1S/C9H11ClO4/c1-3-9(4-2)7(12)5(10)6(11)8(13)14-9/h5H,3-4H2,1-2H3. The summed E-state index contributed by atoms with van der Waals surface area (Å²) in [6.07, 6.45) is 0.676. The highest BCUT2D eigenvalue weighted by Gasteiger charge is 2.51. The first-order chi connectivity index (χ1) is 6.48. The second kappa shape index (κ2) is 3.69. The SMILES string of the molecule is CCC1(CC)OC(=O)C(=O)C(Cl)C1=O. The van der Waals surface area contributed by atoms with Crippen molar-refractivity contribution >= 4 is 29.1 Å². The minimum Gasteiger partial charge on any atom is -0.445 e. The van der Waals surface area contributed by atoms with Gasteiger partial charge in [0.25, 0.3) is 5.78 Å². The fourth-order valence-electron chi connectivity index (χ4n) is 1.47. The van der Waals surface area contributed by atoms with Crippen LogP contribution in [0.5, 0.6) is 0 Å². The van der Waals surface area contributed by atoms with Crippen LogP contribution in [0.25, 0.3) is 0 Å². The molecule has 0 aromatic heterocycles. The molecule has 78 valence electrons. The third-order valence-electron chi connectivity index (χ3n) is 2.54. The molecule has 1 heterocycles. The second-order valence-electron chi connectivity index (χ2n) is 3.18. The summed E-state index contributed by atoms with van der Waals surface area (Å²) in [4.78, 5) is 33.7. The maximum absolute atomic E-state index is 11.6. The van der Waals surface area contributed by atoms with Crippen LogP contribution in [-0.2, 0) is 19.1 Å². The summed E-state index contributed by atoms with van der Waals surface area (Å²) in [5.74, 6) is -2.48. The Labute approximate surface area is 86.6 Å². The summed E-state index contributed by atoms with van der Waals surface area (Å²) in [7, 11) is 0. The first-order valence-corrected chi connectivity index (χ1v) is 4.87. The molecule has 0 N–H and O–H groups in total. The summed E-state index contributed by atoms with van der Waals surface area (Å²) >= 11 is 5.55. The van der Waals surface area contributed by atoms with Crippen molar-refractivity contribution in [2.24, 2.45) is 0 Å². The molecule has 0 aliphatic carbocycles. The van der Waals surface area contributed by atoms with E-state index in [4.69, 9.17) is 16.3 Å². The normalized spacial score (nSPS) is 26.2. The summed E-state index contributed by atoms with van der Waals surface area (Å²) in [6.45, 7) is 3.43. The Morgan fingerprint density at radius 3 is 2.21 bits per heavy atom. The van der Waals surface area contributed by atoms with Gasteiger partial charge in [-0.25, -0.2) is 4.79 Å². The number of alkyl halides is 1. The van der Waals surface area contributed by atoms with Crippen molar-refractivity contribution in [2.45, 2.75) is 37.7 Å². The number of cyclic esters (lactones) is 1. The second-order valence-corrected chi connectivity index (χ2v) is 3.62. The van der Waals surface area contributed by atoms with Gasteiger partial charge in [-0.15, -0.1) is 11.6 Å². The van der Waals surface area contributed by atoms with Gasteiger partial charge in [-0.3, -0.25) is 9.59 Å². The average Bonchev–Trinajstić information content (AvgIpc) is 2.21. The fourth-order valence-corrected chi connectivity index (χ4v) is 1.76. The van der Waals surface area contributed by atoms with Crippen LogP contribution in [0.3, 0.4) is 0 Å². The summed E-state index contributed by atoms with van der Waals surface area (Å²) in [6, 6.07) is 0. The number of carbonyl (C=O) groups is 3. The Morgan fingerprint density at radius 2 is 1.79 bits per heavy atom. The van der Waals surface area contributed by atoms with E-state index in [1.165, 1.54) is 0 Å². The van der Waals surface area contributed by atoms with Crippen molar-refractivity contribution in [1.29, 1.82) is 0 Å². The molecule has 4 nitrogen and oxygen atoms in total. The van der Waals surface area contributed by atoms with Crippen LogP contribution >= 0.6 is 11.6 Å². The van der Waals surface area contributed by atoms with Crippen molar-refractivity contribution in [1.82, 2.24) is 0 Å². The number of hydrogen-bond acceptors (Lipinski definition) is 4. The van der Waals surface area contributed by atoms with Crippen LogP contribution in [0.1, 0.15) is 26.7 Å². The molecule has 1 unspecified atom stereocenters. The van der Waals surface area contributed by atoms with Crippen LogP contribution in [0.4, 0.5) is 0 Å². The van der Waals surface area contributed by atoms with Gasteiger partial charge in [0.05, 0.1) is 0 Å². The van der Waals surface area contributed by atoms with E-state index in [2.05, 4.69) is 0 Å². The van der Waals surface area contributed by atoms with Gasteiger partial charge in [0.1, 0.15) is 0 Å². The van der Waals surface area contributed by atoms with E-state index in [1.54, 1.807) is 13.8 Å². The number of ketones is 2. The zero-order chi connectivity index (χ0) is 10.9. The molecule has 1 saturated heterocycles. The number of Topliss-reactive ketones (excluding diaryl/α,β-unsaturated/α-hetero) is 2. The van der Waals surface area contributed by atoms with Gasteiger partial charge in [0.15, 0.2) is 11.0 Å². The molecule has 0 bridgehead atoms. The number of hydrogen-bond donors (Lipinski definition) is 0. The van der Waals surface area contributed by atoms with Gasteiger partial charge in [0, 0.05) is 0 Å². The summed E-state index contributed by atoms with van der Waals surface area (Å²) in [5.41, 5.74) is -1.20. The zero-order valence-corrected chi connectivity index (χ0v) is 8.76. The molecule has 5 heteroatoms. The molecule has 0 saturated carbocycles. The first-order valence-electron chi connectivity index (χ1n) is 4.44. The Morgan fingerprint density at radius 1 is 1.29 bits per heavy atom. The molecule has 1 rings (SSSR count).